The van der Waals surface area contributed by atoms with Crippen molar-refractivity contribution in [1.29, 1.82) is 5.26 Å². The minimum absolute atomic E-state index is 0.00374. The lowest BCUT2D eigenvalue weighted by atomic mass is 10.2. The molecule has 20 heavy (non-hydrogen) atoms. The zero-order chi connectivity index (χ0) is 14.4. The zero-order valence-corrected chi connectivity index (χ0v) is 10.4. The van der Waals surface area contributed by atoms with Crippen LogP contribution in [0.15, 0.2) is 6.07 Å². The van der Waals surface area contributed by atoms with Crippen molar-refractivity contribution in [2.45, 2.75) is 0 Å². The fourth-order valence-corrected chi connectivity index (χ4v) is 2.13. The summed E-state index contributed by atoms with van der Waals surface area (Å²) in [5, 5.41) is 12.4. The van der Waals surface area contributed by atoms with E-state index in [2.05, 4.69) is 5.10 Å². The van der Waals surface area contributed by atoms with Gasteiger partial charge >= 0.3 is 0 Å². The second kappa shape index (κ2) is 4.25. The molecule has 6 nitrogen and oxygen atoms in total. The van der Waals surface area contributed by atoms with Crippen LogP contribution in [0.25, 0.3) is 5.69 Å². The summed E-state index contributed by atoms with van der Waals surface area (Å²) in [6.45, 7) is -0.405. The number of hydrogen-bond donors (Lipinski definition) is 1. The van der Waals surface area contributed by atoms with Crippen LogP contribution in [0.2, 0.25) is 5.02 Å². The standard InChI is InChI=1S/C11H5ClF2N4O2/c12-6-9(18-5(16)1-4(2-15)17-18)11-8(14)7(13)10(6)19-3-20-11/h1H,3,16H2. The highest BCUT2D eigenvalue weighted by Crippen LogP contribution is 2.45. The van der Waals surface area contributed by atoms with E-state index in [4.69, 9.17) is 32.1 Å². The van der Waals surface area contributed by atoms with Crippen LogP contribution in [0, 0.1) is 23.0 Å². The van der Waals surface area contributed by atoms with Gasteiger partial charge in [-0.05, 0) is 0 Å². The van der Waals surface area contributed by atoms with E-state index in [1.54, 1.807) is 6.07 Å². The topological polar surface area (TPSA) is 86.1 Å². The molecule has 1 aromatic carbocycles. The van der Waals surface area contributed by atoms with Crippen LogP contribution >= 0.6 is 11.6 Å². The van der Waals surface area contributed by atoms with Crippen molar-refractivity contribution < 1.29 is 18.3 Å². The Morgan fingerprint density at radius 1 is 1.35 bits per heavy atom. The summed E-state index contributed by atoms with van der Waals surface area (Å²) in [5.41, 5.74) is 5.56. The predicted octanol–water partition coefficient (Wildman–Crippen LogP) is 1.99. The van der Waals surface area contributed by atoms with Gasteiger partial charge in [0.2, 0.25) is 18.4 Å². The number of nitrogen functional groups attached to an aromatic ring is 1. The summed E-state index contributed by atoms with van der Waals surface area (Å²) in [5.74, 6) is -3.46. The number of hydrogen-bond acceptors (Lipinski definition) is 5. The van der Waals surface area contributed by atoms with E-state index in [0.717, 1.165) is 4.68 Å². The average Bonchev–Trinajstić information content (AvgIpc) is 2.63. The second-order valence-corrected chi connectivity index (χ2v) is 4.21. The fraction of sp³-hybridized carbons (Fsp3) is 0.0909. The monoisotopic (exact) mass is 298 g/mol. The van der Waals surface area contributed by atoms with E-state index in [-0.39, 0.29) is 22.2 Å². The van der Waals surface area contributed by atoms with Crippen LogP contribution in [-0.2, 0) is 0 Å². The van der Waals surface area contributed by atoms with E-state index in [0.29, 0.717) is 0 Å². The van der Waals surface area contributed by atoms with Gasteiger partial charge in [0, 0.05) is 6.07 Å². The number of aromatic nitrogens is 2. The molecule has 3 heterocycles. The maximum atomic E-state index is 13.9. The van der Waals surface area contributed by atoms with E-state index < -0.39 is 29.9 Å². The van der Waals surface area contributed by atoms with Crippen molar-refractivity contribution in [3.05, 3.63) is 28.4 Å². The Hall–Kier alpha value is -2.53. The number of anilines is 1. The molecule has 0 atom stereocenters. The Kier molecular flexibility index (Phi) is 2.65. The summed E-state index contributed by atoms with van der Waals surface area (Å²) >= 11 is 5.98. The minimum atomic E-state index is -1.26. The van der Waals surface area contributed by atoms with E-state index in [9.17, 15) is 8.78 Å². The molecule has 1 aromatic heterocycles. The van der Waals surface area contributed by atoms with Gasteiger partial charge in [0.25, 0.3) is 0 Å². The Balaban J connectivity index is 2.36. The molecule has 0 aliphatic carbocycles. The zero-order valence-electron chi connectivity index (χ0n) is 9.65. The van der Waals surface area contributed by atoms with Crippen molar-refractivity contribution in [2.75, 3.05) is 12.5 Å². The summed E-state index contributed by atoms with van der Waals surface area (Å²) < 4.78 is 38.4. The van der Waals surface area contributed by atoms with Gasteiger partial charge in [0.15, 0.2) is 17.2 Å². The summed E-state index contributed by atoms with van der Waals surface area (Å²) in [6.07, 6.45) is 0. The largest absolute Gasteiger partial charge is 0.453 e. The van der Waals surface area contributed by atoms with Crippen LogP contribution in [0.5, 0.6) is 11.5 Å². The number of ether oxygens (including phenoxy) is 2. The number of nitriles is 1. The summed E-state index contributed by atoms with van der Waals surface area (Å²) in [6, 6.07) is 3.04. The lowest BCUT2D eigenvalue weighted by Crippen LogP contribution is -2.07. The van der Waals surface area contributed by atoms with Gasteiger partial charge in [0.1, 0.15) is 22.6 Å². The number of fused-ring (bicyclic) bond motifs is 4. The highest BCUT2D eigenvalue weighted by Gasteiger charge is 2.31. The third kappa shape index (κ3) is 1.57. The molecule has 102 valence electrons. The number of rotatable bonds is 1. The van der Waals surface area contributed by atoms with Crippen LogP contribution in [0.4, 0.5) is 14.6 Å². The molecule has 0 fully saturated rings. The molecule has 0 radical (unpaired) electrons. The molecule has 2 aliphatic rings. The number of halogens is 3. The first-order valence-corrected chi connectivity index (χ1v) is 5.64. The molecular weight excluding hydrogens is 294 g/mol. The molecule has 0 spiro atoms. The third-order valence-corrected chi connectivity index (χ3v) is 3.03. The second-order valence-electron chi connectivity index (χ2n) is 3.83. The SMILES string of the molecule is N#Cc1cc(N)n(-c2c(Cl)c3c(F)c(F)c2OCO3)n1. The van der Waals surface area contributed by atoms with Gasteiger partial charge in [-0.3, -0.25) is 0 Å². The Labute approximate surface area is 115 Å². The fourth-order valence-electron chi connectivity index (χ4n) is 1.83. The van der Waals surface area contributed by atoms with Gasteiger partial charge in [-0.15, -0.1) is 0 Å². The maximum absolute atomic E-state index is 13.9. The number of benzene rings is 1. The molecule has 2 aliphatic heterocycles. The van der Waals surface area contributed by atoms with Crippen molar-refractivity contribution in [2.24, 2.45) is 0 Å². The smallest absolute Gasteiger partial charge is 0.231 e. The third-order valence-electron chi connectivity index (χ3n) is 2.68. The summed E-state index contributed by atoms with van der Waals surface area (Å²) in [7, 11) is 0. The quantitative estimate of drug-likeness (QED) is 0.814. The average molecular weight is 299 g/mol. The van der Waals surface area contributed by atoms with Gasteiger partial charge in [-0.1, -0.05) is 11.6 Å². The molecular formula is C11H5ClF2N4O2. The lowest BCUT2D eigenvalue weighted by Gasteiger charge is -2.11. The van der Waals surface area contributed by atoms with Crippen molar-refractivity contribution in [3.63, 3.8) is 0 Å². The first-order valence-electron chi connectivity index (χ1n) is 5.26. The Morgan fingerprint density at radius 2 is 2.00 bits per heavy atom. The normalized spacial score (nSPS) is 12.5. The minimum Gasteiger partial charge on any atom is -0.453 e. The molecule has 0 amide bonds. The van der Waals surface area contributed by atoms with Gasteiger partial charge in [-0.25, -0.2) is 4.68 Å². The highest BCUT2D eigenvalue weighted by atomic mass is 35.5. The molecule has 0 unspecified atom stereocenters. The molecule has 9 heteroatoms. The van der Waals surface area contributed by atoms with Crippen molar-refractivity contribution in [3.8, 4) is 23.3 Å². The molecule has 0 saturated heterocycles. The molecule has 0 saturated carbocycles. The molecule has 2 aromatic rings. The van der Waals surface area contributed by atoms with Gasteiger partial charge in [-0.2, -0.15) is 19.1 Å². The molecule has 4 rings (SSSR count). The first-order chi connectivity index (χ1) is 9.54. The van der Waals surface area contributed by atoms with E-state index in [1.807, 2.05) is 0 Å². The van der Waals surface area contributed by atoms with Crippen LogP contribution in [0.3, 0.4) is 0 Å². The van der Waals surface area contributed by atoms with Crippen molar-refractivity contribution >= 4 is 17.4 Å². The summed E-state index contributed by atoms with van der Waals surface area (Å²) in [4.78, 5) is 0. The van der Waals surface area contributed by atoms with Crippen molar-refractivity contribution in [1.82, 2.24) is 9.78 Å². The van der Waals surface area contributed by atoms with Crippen LogP contribution in [0.1, 0.15) is 5.69 Å². The Bertz CT molecular complexity index is 769. The van der Waals surface area contributed by atoms with Crippen LogP contribution < -0.4 is 15.2 Å². The molecule has 2 N–H and O–H groups in total. The number of nitrogens with two attached hydrogens (primary N) is 1. The Morgan fingerprint density at radius 3 is 2.65 bits per heavy atom. The first kappa shape index (κ1) is 12.5. The lowest BCUT2D eigenvalue weighted by molar-refractivity contribution is 0.123. The van der Waals surface area contributed by atoms with Gasteiger partial charge in [0.05, 0.1) is 0 Å². The number of nitrogens with zero attached hydrogens (tertiary/aromatic N) is 3. The van der Waals surface area contributed by atoms with Gasteiger partial charge < -0.3 is 15.2 Å². The van der Waals surface area contributed by atoms with E-state index in [1.165, 1.54) is 6.07 Å². The molecule has 2 bridgehead atoms. The van der Waals surface area contributed by atoms with E-state index >= 15 is 0 Å². The van der Waals surface area contributed by atoms with Crippen LogP contribution in [-0.4, -0.2) is 16.6 Å². The predicted molar refractivity (Wildman–Crippen MR) is 63.7 cm³/mol. The highest BCUT2D eigenvalue weighted by molar-refractivity contribution is 6.34. The maximum Gasteiger partial charge on any atom is 0.231 e.